The van der Waals surface area contributed by atoms with Gasteiger partial charge in [-0.25, -0.2) is 4.79 Å². The third-order valence-corrected chi connectivity index (χ3v) is 2.44. The zero-order valence-electron chi connectivity index (χ0n) is 9.73. The first kappa shape index (κ1) is 13.2. The van der Waals surface area contributed by atoms with Crippen LogP contribution >= 0.6 is 0 Å². The van der Waals surface area contributed by atoms with E-state index in [1.807, 2.05) is 0 Å². The average Bonchev–Trinajstić information content (AvgIpc) is 2.85. The second kappa shape index (κ2) is 4.45. The number of alkyl halides is 3. The predicted octanol–water partition coefficient (Wildman–Crippen LogP) is 2.55. The van der Waals surface area contributed by atoms with Gasteiger partial charge in [0.1, 0.15) is 11.5 Å². The maximum absolute atomic E-state index is 12.7. The fourth-order valence-corrected chi connectivity index (χ4v) is 1.68. The van der Waals surface area contributed by atoms with Crippen LogP contribution in [0.4, 0.5) is 13.2 Å². The van der Waals surface area contributed by atoms with Crippen molar-refractivity contribution < 1.29 is 27.6 Å². The maximum Gasteiger partial charge on any atom is 0.418 e. The maximum atomic E-state index is 12.7. The highest BCUT2D eigenvalue weighted by Gasteiger charge is 2.37. The van der Waals surface area contributed by atoms with Crippen LogP contribution in [0.5, 0.6) is 0 Å². The van der Waals surface area contributed by atoms with Gasteiger partial charge in [0.2, 0.25) is 0 Å². The molecule has 5 nitrogen and oxygen atoms in total. The second-order valence-electron chi connectivity index (χ2n) is 3.99. The van der Waals surface area contributed by atoms with Gasteiger partial charge in [-0.05, 0) is 6.92 Å². The molecule has 0 amide bonds. The third kappa shape index (κ3) is 2.78. The molecule has 102 valence electrons. The molecule has 0 atom stereocenters. The molecular formula is C11H9F3N2O3. The summed E-state index contributed by atoms with van der Waals surface area (Å²) in [6, 6.07) is 1.56. The molecule has 0 aromatic carbocycles. The van der Waals surface area contributed by atoms with Crippen LogP contribution in [0.2, 0.25) is 0 Å². The van der Waals surface area contributed by atoms with Crippen molar-refractivity contribution in [2.75, 3.05) is 0 Å². The lowest BCUT2D eigenvalue weighted by molar-refractivity contribution is -0.138. The Morgan fingerprint density at radius 2 is 2.16 bits per heavy atom. The molecule has 0 spiro atoms. The van der Waals surface area contributed by atoms with Gasteiger partial charge >= 0.3 is 12.1 Å². The third-order valence-electron chi connectivity index (χ3n) is 2.44. The van der Waals surface area contributed by atoms with Gasteiger partial charge in [0.15, 0.2) is 0 Å². The zero-order chi connectivity index (χ0) is 14.2. The number of carboxylic acid groups (broad SMARTS) is 1. The van der Waals surface area contributed by atoms with Crippen LogP contribution in [-0.2, 0) is 12.7 Å². The minimum atomic E-state index is -4.71. The van der Waals surface area contributed by atoms with Crippen molar-refractivity contribution in [3.8, 4) is 0 Å². The molecule has 2 rings (SSSR count). The van der Waals surface area contributed by atoms with E-state index in [-0.39, 0.29) is 6.54 Å². The summed E-state index contributed by atoms with van der Waals surface area (Å²) in [6.07, 6.45) is -3.04. The van der Waals surface area contributed by atoms with Crippen LogP contribution in [0, 0.1) is 6.92 Å². The highest BCUT2D eigenvalue weighted by atomic mass is 19.4. The summed E-state index contributed by atoms with van der Waals surface area (Å²) in [6.45, 7) is 1.66. The van der Waals surface area contributed by atoms with Crippen LogP contribution in [0.3, 0.4) is 0 Å². The van der Waals surface area contributed by atoms with Crippen molar-refractivity contribution in [1.82, 2.24) is 9.72 Å². The van der Waals surface area contributed by atoms with Crippen molar-refractivity contribution in [3.05, 3.63) is 41.0 Å². The Balaban J connectivity index is 2.35. The first-order valence-electron chi connectivity index (χ1n) is 5.20. The summed E-state index contributed by atoms with van der Waals surface area (Å²) in [7, 11) is 0. The summed E-state index contributed by atoms with van der Waals surface area (Å²) < 4.78 is 43.9. The minimum Gasteiger partial charge on any atom is -0.478 e. The highest BCUT2D eigenvalue weighted by molar-refractivity contribution is 5.89. The van der Waals surface area contributed by atoms with E-state index in [1.54, 1.807) is 13.0 Å². The monoisotopic (exact) mass is 274 g/mol. The van der Waals surface area contributed by atoms with Gasteiger partial charge in [-0.15, -0.1) is 0 Å². The number of rotatable bonds is 3. The summed E-state index contributed by atoms with van der Waals surface area (Å²) in [5.41, 5.74) is -1.55. The van der Waals surface area contributed by atoms with Crippen molar-refractivity contribution in [2.24, 2.45) is 0 Å². The number of hydrogen-bond donors (Lipinski definition) is 1. The van der Waals surface area contributed by atoms with E-state index in [2.05, 4.69) is 5.16 Å². The average molecular weight is 274 g/mol. The minimum absolute atomic E-state index is 0.00764. The number of hydrogen-bond acceptors (Lipinski definition) is 3. The Kier molecular flexibility index (Phi) is 3.09. The number of aromatic nitrogens is 2. The quantitative estimate of drug-likeness (QED) is 0.933. The van der Waals surface area contributed by atoms with Gasteiger partial charge in [0, 0.05) is 18.5 Å². The summed E-state index contributed by atoms with van der Waals surface area (Å²) in [4.78, 5) is 10.8. The Bertz CT molecular complexity index is 613. The highest BCUT2D eigenvalue weighted by Crippen LogP contribution is 2.32. The summed E-state index contributed by atoms with van der Waals surface area (Å²) >= 11 is 0. The SMILES string of the molecule is Cc1cc(Cn2cc(C(=O)O)c(C(F)(F)F)c2)no1. The van der Waals surface area contributed by atoms with E-state index in [9.17, 15) is 18.0 Å². The Morgan fingerprint density at radius 1 is 1.47 bits per heavy atom. The van der Waals surface area contributed by atoms with E-state index in [4.69, 9.17) is 9.63 Å². The lowest BCUT2D eigenvalue weighted by Crippen LogP contribution is -2.09. The van der Waals surface area contributed by atoms with Crippen molar-refractivity contribution in [1.29, 1.82) is 0 Å². The molecule has 0 saturated carbocycles. The van der Waals surface area contributed by atoms with E-state index < -0.39 is 23.3 Å². The molecule has 2 heterocycles. The smallest absolute Gasteiger partial charge is 0.418 e. The number of aryl methyl sites for hydroxylation is 1. The van der Waals surface area contributed by atoms with Crippen LogP contribution in [-0.4, -0.2) is 20.8 Å². The molecule has 0 aliphatic rings. The lowest BCUT2D eigenvalue weighted by atomic mass is 10.2. The lowest BCUT2D eigenvalue weighted by Gasteiger charge is -2.04. The molecule has 19 heavy (non-hydrogen) atoms. The van der Waals surface area contributed by atoms with Gasteiger partial charge in [0.05, 0.1) is 17.7 Å². The molecule has 2 aromatic heterocycles. The van der Waals surface area contributed by atoms with Gasteiger partial charge in [-0.3, -0.25) is 0 Å². The van der Waals surface area contributed by atoms with E-state index >= 15 is 0 Å². The molecule has 2 aromatic rings. The van der Waals surface area contributed by atoms with Crippen LogP contribution in [0.25, 0.3) is 0 Å². The molecule has 0 aliphatic carbocycles. The zero-order valence-corrected chi connectivity index (χ0v) is 9.73. The van der Waals surface area contributed by atoms with Gasteiger partial charge in [0.25, 0.3) is 0 Å². The largest absolute Gasteiger partial charge is 0.478 e. The molecule has 0 unspecified atom stereocenters. The number of aromatic carboxylic acids is 1. The summed E-state index contributed by atoms with van der Waals surface area (Å²) in [5.74, 6) is -1.10. The number of carbonyl (C=O) groups is 1. The topological polar surface area (TPSA) is 68.3 Å². The van der Waals surface area contributed by atoms with Gasteiger partial charge in [-0.1, -0.05) is 5.16 Å². The standard InChI is InChI=1S/C11H9F3N2O3/c1-6-2-7(15-19-6)3-16-4-8(10(17)18)9(5-16)11(12,13)14/h2,4-5H,3H2,1H3,(H,17,18). The van der Waals surface area contributed by atoms with E-state index in [0.717, 1.165) is 17.0 Å². The van der Waals surface area contributed by atoms with Gasteiger partial charge < -0.3 is 14.2 Å². The number of carboxylic acids is 1. The molecular weight excluding hydrogens is 265 g/mol. The fraction of sp³-hybridized carbons (Fsp3) is 0.273. The van der Waals surface area contributed by atoms with Crippen molar-refractivity contribution in [2.45, 2.75) is 19.6 Å². The number of halogens is 3. The molecule has 0 bridgehead atoms. The predicted molar refractivity (Wildman–Crippen MR) is 56.7 cm³/mol. The molecule has 0 fully saturated rings. The summed E-state index contributed by atoms with van der Waals surface area (Å²) in [5, 5.41) is 12.4. The molecule has 0 saturated heterocycles. The molecule has 1 N–H and O–H groups in total. The first-order valence-corrected chi connectivity index (χ1v) is 5.20. The Hall–Kier alpha value is -2.25. The normalized spacial score (nSPS) is 11.8. The second-order valence-corrected chi connectivity index (χ2v) is 3.99. The van der Waals surface area contributed by atoms with Crippen LogP contribution in [0.15, 0.2) is 23.0 Å². The first-order chi connectivity index (χ1) is 8.77. The van der Waals surface area contributed by atoms with E-state index in [1.165, 1.54) is 0 Å². The number of nitrogens with zero attached hydrogens (tertiary/aromatic N) is 2. The fourth-order valence-electron chi connectivity index (χ4n) is 1.68. The Morgan fingerprint density at radius 3 is 2.58 bits per heavy atom. The van der Waals surface area contributed by atoms with E-state index in [0.29, 0.717) is 11.5 Å². The molecule has 0 aliphatic heterocycles. The molecule has 8 heteroatoms. The van der Waals surface area contributed by atoms with Gasteiger partial charge in [-0.2, -0.15) is 13.2 Å². The van der Waals surface area contributed by atoms with Crippen molar-refractivity contribution >= 4 is 5.97 Å². The van der Waals surface area contributed by atoms with Crippen molar-refractivity contribution in [3.63, 3.8) is 0 Å². The van der Waals surface area contributed by atoms with Crippen LogP contribution < -0.4 is 0 Å². The Labute approximate surface area is 105 Å². The van der Waals surface area contributed by atoms with Crippen LogP contribution in [0.1, 0.15) is 27.4 Å². The molecule has 0 radical (unpaired) electrons.